The van der Waals surface area contributed by atoms with Crippen molar-refractivity contribution in [3.63, 3.8) is 0 Å². The van der Waals surface area contributed by atoms with Gasteiger partial charge in [-0.2, -0.15) is 0 Å². The maximum atomic E-state index is 13.7. The largest absolute Gasteiger partial charge is 0.331 e. The van der Waals surface area contributed by atoms with Crippen molar-refractivity contribution in [3.05, 3.63) is 125 Å². The second-order valence-electron chi connectivity index (χ2n) is 10.4. The van der Waals surface area contributed by atoms with Crippen LogP contribution in [0.5, 0.6) is 0 Å². The molecule has 0 aliphatic rings. The maximum absolute atomic E-state index is 13.7. The van der Waals surface area contributed by atoms with Crippen LogP contribution in [-0.2, 0) is 0 Å². The second kappa shape index (κ2) is 9.66. The van der Waals surface area contributed by atoms with Crippen molar-refractivity contribution in [1.82, 2.24) is 19.1 Å². The molecule has 40 heavy (non-hydrogen) atoms. The van der Waals surface area contributed by atoms with Crippen LogP contribution in [0.2, 0.25) is 0 Å². The molecule has 0 saturated carbocycles. The minimum absolute atomic E-state index is 0.201. The van der Waals surface area contributed by atoms with E-state index in [9.17, 15) is 9.59 Å². The molecule has 0 radical (unpaired) electrons. The van der Waals surface area contributed by atoms with Gasteiger partial charge in [-0.15, -0.1) is 0 Å². The van der Waals surface area contributed by atoms with Crippen molar-refractivity contribution < 1.29 is 0 Å². The fraction of sp³-hybridized carbons (Fsp3) is 0.125. The molecule has 198 valence electrons. The highest BCUT2D eigenvalue weighted by atomic mass is 32.1. The summed E-state index contributed by atoms with van der Waals surface area (Å²) >= 11 is 11.1. The molecular weight excluding hydrogens is 537 g/mol. The molecule has 8 heteroatoms. The highest BCUT2D eigenvalue weighted by molar-refractivity contribution is 7.71. The van der Waals surface area contributed by atoms with E-state index in [0.717, 1.165) is 44.8 Å². The Hall–Kier alpha value is -4.40. The van der Waals surface area contributed by atoms with E-state index < -0.39 is 0 Å². The third-order valence-corrected chi connectivity index (χ3v) is 7.63. The number of aromatic nitrogens is 4. The molecule has 0 spiro atoms. The highest BCUT2D eigenvalue weighted by Gasteiger charge is 2.13. The minimum atomic E-state index is -0.201. The minimum Gasteiger partial charge on any atom is -0.331 e. The van der Waals surface area contributed by atoms with Gasteiger partial charge in [0.1, 0.15) is 0 Å². The average Bonchev–Trinajstić information content (AvgIpc) is 2.87. The van der Waals surface area contributed by atoms with Crippen LogP contribution in [0.15, 0.2) is 82.4 Å². The van der Waals surface area contributed by atoms with E-state index in [0.29, 0.717) is 31.3 Å². The van der Waals surface area contributed by atoms with Gasteiger partial charge in [-0.25, -0.2) is 0 Å². The standard InChI is InChI=1S/C32H26N4O2S2/c1-17-9-18(2)12-23(11-17)35-29(37)25-15-21(5-7-27(25)33-31(35)39)22-6-8-28-26(16-22)30(38)36(32(40)34-28)24-13-19(3)10-20(4)14-24/h5-16H,1-4H3,(H,33,39)(H,34,40). The Labute approximate surface area is 240 Å². The van der Waals surface area contributed by atoms with Crippen LogP contribution >= 0.6 is 24.4 Å². The zero-order valence-corrected chi connectivity index (χ0v) is 24.1. The van der Waals surface area contributed by atoms with Crippen LogP contribution < -0.4 is 11.1 Å². The number of hydrogen-bond donors (Lipinski definition) is 2. The number of nitrogens with zero attached hydrogens (tertiary/aromatic N) is 2. The third kappa shape index (κ3) is 4.45. The summed E-state index contributed by atoms with van der Waals surface area (Å²) in [5.41, 5.74) is 8.17. The van der Waals surface area contributed by atoms with Gasteiger partial charge in [-0.3, -0.25) is 18.7 Å². The van der Waals surface area contributed by atoms with Crippen molar-refractivity contribution >= 4 is 46.2 Å². The number of H-pyrrole nitrogens is 2. The van der Waals surface area contributed by atoms with Gasteiger partial charge in [0.2, 0.25) is 0 Å². The summed E-state index contributed by atoms with van der Waals surface area (Å²) in [7, 11) is 0. The lowest BCUT2D eigenvalue weighted by Gasteiger charge is -2.12. The summed E-state index contributed by atoms with van der Waals surface area (Å²) in [6.07, 6.45) is 0. The van der Waals surface area contributed by atoms with E-state index in [1.807, 2.05) is 88.4 Å². The molecule has 0 atom stereocenters. The Kier molecular flexibility index (Phi) is 6.24. The zero-order valence-electron chi connectivity index (χ0n) is 22.5. The topological polar surface area (TPSA) is 75.6 Å². The van der Waals surface area contributed by atoms with Gasteiger partial charge in [0, 0.05) is 0 Å². The number of hydrogen-bond acceptors (Lipinski definition) is 4. The van der Waals surface area contributed by atoms with Crippen LogP contribution in [0, 0.1) is 37.2 Å². The molecule has 0 saturated heterocycles. The van der Waals surface area contributed by atoms with E-state index >= 15 is 0 Å². The molecule has 0 aliphatic heterocycles. The van der Waals surface area contributed by atoms with E-state index in [2.05, 4.69) is 22.1 Å². The fourth-order valence-corrected chi connectivity index (χ4v) is 6.01. The number of fused-ring (bicyclic) bond motifs is 2. The van der Waals surface area contributed by atoms with Gasteiger partial charge < -0.3 is 9.97 Å². The van der Waals surface area contributed by atoms with Crippen LogP contribution in [0.3, 0.4) is 0 Å². The Morgan fingerprint density at radius 2 is 0.875 bits per heavy atom. The average molecular weight is 563 g/mol. The number of rotatable bonds is 3. The van der Waals surface area contributed by atoms with Crippen LogP contribution in [0.4, 0.5) is 0 Å². The zero-order chi connectivity index (χ0) is 28.3. The summed E-state index contributed by atoms with van der Waals surface area (Å²) in [6, 6.07) is 23.1. The monoisotopic (exact) mass is 562 g/mol. The van der Waals surface area contributed by atoms with Crippen molar-refractivity contribution in [1.29, 1.82) is 0 Å². The van der Waals surface area contributed by atoms with Crippen LogP contribution in [0.25, 0.3) is 44.3 Å². The first-order valence-corrected chi connectivity index (χ1v) is 13.7. The molecule has 0 fully saturated rings. The molecule has 2 heterocycles. The summed E-state index contributed by atoms with van der Waals surface area (Å²) in [4.78, 5) is 33.9. The predicted octanol–water partition coefficient (Wildman–Crippen LogP) is 7.31. The van der Waals surface area contributed by atoms with E-state index in [1.54, 1.807) is 0 Å². The molecule has 0 bridgehead atoms. The lowest BCUT2D eigenvalue weighted by atomic mass is 10.0. The Morgan fingerprint density at radius 3 is 1.23 bits per heavy atom. The second-order valence-corrected chi connectivity index (χ2v) is 11.1. The predicted molar refractivity (Wildman–Crippen MR) is 167 cm³/mol. The Balaban J connectivity index is 1.54. The normalized spacial score (nSPS) is 11.4. The lowest BCUT2D eigenvalue weighted by molar-refractivity contribution is 0.936. The van der Waals surface area contributed by atoms with Gasteiger partial charge in [-0.1, -0.05) is 24.3 Å². The molecule has 0 unspecified atom stereocenters. The van der Waals surface area contributed by atoms with E-state index in [4.69, 9.17) is 24.4 Å². The first kappa shape index (κ1) is 25.9. The smallest absolute Gasteiger partial charge is 0.266 e. The van der Waals surface area contributed by atoms with Gasteiger partial charge in [0.05, 0.1) is 33.2 Å². The Morgan fingerprint density at radius 1 is 0.525 bits per heavy atom. The van der Waals surface area contributed by atoms with Gasteiger partial charge >= 0.3 is 0 Å². The maximum Gasteiger partial charge on any atom is 0.266 e. The quantitative estimate of drug-likeness (QED) is 0.222. The first-order valence-electron chi connectivity index (χ1n) is 12.8. The summed E-state index contributed by atoms with van der Waals surface area (Å²) in [5, 5.41) is 1.01. The molecule has 0 amide bonds. The molecule has 6 aromatic rings. The van der Waals surface area contributed by atoms with Crippen LogP contribution in [-0.4, -0.2) is 19.1 Å². The van der Waals surface area contributed by atoms with E-state index in [1.165, 1.54) is 9.13 Å². The van der Waals surface area contributed by atoms with Crippen molar-refractivity contribution in [3.8, 4) is 22.5 Å². The summed E-state index contributed by atoms with van der Waals surface area (Å²) in [5.74, 6) is 0. The van der Waals surface area contributed by atoms with Crippen molar-refractivity contribution in [2.75, 3.05) is 0 Å². The number of nitrogens with one attached hydrogen (secondary N) is 2. The van der Waals surface area contributed by atoms with Gasteiger partial charge in [0.25, 0.3) is 11.1 Å². The molecule has 6 nitrogen and oxygen atoms in total. The van der Waals surface area contributed by atoms with Gasteiger partial charge in [0.15, 0.2) is 9.54 Å². The number of aryl methyl sites for hydroxylation is 4. The summed E-state index contributed by atoms with van der Waals surface area (Å²) < 4.78 is 3.74. The van der Waals surface area contributed by atoms with Crippen molar-refractivity contribution in [2.45, 2.75) is 27.7 Å². The molecule has 6 rings (SSSR count). The van der Waals surface area contributed by atoms with Crippen molar-refractivity contribution in [2.24, 2.45) is 0 Å². The SMILES string of the molecule is Cc1cc(C)cc(-n2c(=S)[nH]c3ccc(-c4ccc5[nH]c(=S)n(-c6cc(C)cc(C)c6)c(=O)c5c4)cc3c2=O)c1. The van der Waals surface area contributed by atoms with E-state index in [-0.39, 0.29) is 11.1 Å². The lowest BCUT2D eigenvalue weighted by Crippen LogP contribution is -2.21. The molecule has 2 N–H and O–H groups in total. The number of aromatic amines is 2. The number of benzene rings is 4. The molecular formula is C32H26N4O2S2. The third-order valence-electron chi connectivity index (χ3n) is 7.06. The first-order chi connectivity index (χ1) is 19.1. The fourth-order valence-electron chi connectivity index (χ4n) is 5.42. The molecule has 4 aromatic carbocycles. The molecule has 0 aliphatic carbocycles. The Bertz CT molecular complexity index is 2050. The molecule has 2 aromatic heterocycles. The van der Waals surface area contributed by atoms with Gasteiger partial charge in [-0.05, 0) is 134 Å². The highest BCUT2D eigenvalue weighted by Crippen LogP contribution is 2.26. The summed E-state index contributed by atoms with van der Waals surface area (Å²) in [6.45, 7) is 7.97. The van der Waals surface area contributed by atoms with Crippen LogP contribution in [0.1, 0.15) is 22.3 Å².